The van der Waals surface area contributed by atoms with Gasteiger partial charge in [0.15, 0.2) is 0 Å². The van der Waals surface area contributed by atoms with Crippen molar-refractivity contribution in [1.29, 1.82) is 0 Å². The number of aliphatic carboxylic acids is 1. The molecule has 27 heavy (non-hydrogen) atoms. The first-order chi connectivity index (χ1) is 12.7. The fraction of sp³-hybridized carbons (Fsp3) is 0.389. The van der Waals surface area contributed by atoms with Gasteiger partial charge in [-0.25, -0.2) is 0 Å². The van der Waals surface area contributed by atoms with Crippen LogP contribution in [0.3, 0.4) is 0 Å². The molecule has 1 heterocycles. The van der Waals surface area contributed by atoms with Crippen LogP contribution in [0.25, 0.3) is 11.3 Å². The molecule has 1 amide bonds. The molecule has 0 saturated heterocycles. The standard InChI is InChI=1S/C18H22N4O5/c1-11(2)8-13(18(24)25)9-19-17(23)15-10-21(3)20-16(15)12-4-6-14(7-5-12)22(26)27/h4-7,10-11,13H,8-9H2,1-3H3,(H,19,23)(H,24,25). The van der Waals surface area contributed by atoms with E-state index in [1.807, 2.05) is 13.8 Å². The SMILES string of the molecule is CC(C)CC(CNC(=O)c1cn(C)nc1-c1ccc([N+](=O)[O-])cc1)C(=O)O. The zero-order chi connectivity index (χ0) is 20.1. The summed E-state index contributed by atoms with van der Waals surface area (Å²) in [5.41, 5.74) is 1.16. The fourth-order valence-corrected chi connectivity index (χ4v) is 2.76. The molecule has 1 aromatic carbocycles. The van der Waals surface area contributed by atoms with E-state index < -0.39 is 22.7 Å². The molecule has 0 aliphatic rings. The molecule has 2 aromatic rings. The third-order valence-corrected chi connectivity index (χ3v) is 4.04. The van der Waals surface area contributed by atoms with Crippen molar-refractivity contribution < 1.29 is 19.6 Å². The smallest absolute Gasteiger partial charge is 0.308 e. The van der Waals surface area contributed by atoms with Crippen molar-refractivity contribution in [3.8, 4) is 11.3 Å². The Morgan fingerprint density at radius 3 is 2.44 bits per heavy atom. The van der Waals surface area contributed by atoms with Crippen LogP contribution in [0.2, 0.25) is 0 Å². The van der Waals surface area contributed by atoms with Crippen LogP contribution in [0, 0.1) is 22.0 Å². The monoisotopic (exact) mass is 374 g/mol. The molecule has 0 bridgehead atoms. The summed E-state index contributed by atoms with van der Waals surface area (Å²) in [6.07, 6.45) is 1.99. The number of benzene rings is 1. The van der Waals surface area contributed by atoms with Crippen molar-refractivity contribution >= 4 is 17.6 Å². The first-order valence-corrected chi connectivity index (χ1v) is 8.48. The Bertz CT molecular complexity index is 842. The van der Waals surface area contributed by atoms with Gasteiger partial charge in [-0.2, -0.15) is 5.10 Å². The molecule has 0 spiro atoms. The van der Waals surface area contributed by atoms with E-state index >= 15 is 0 Å². The summed E-state index contributed by atoms with van der Waals surface area (Å²) in [7, 11) is 1.66. The van der Waals surface area contributed by atoms with Gasteiger partial charge in [0.25, 0.3) is 11.6 Å². The lowest BCUT2D eigenvalue weighted by molar-refractivity contribution is -0.384. The summed E-state index contributed by atoms with van der Waals surface area (Å²) in [6, 6.07) is 5.73. The summed E-state index contributed by atoms with van der Waals surface area (Å²) in [6.45, 7) is 3.86. The van der Waals surface area contributed by atoms with Crippen molar-refractivity contribution in [3.63, 3.8) is 0 Å². The molecule has 9 heteroatoms. The minimum atomic E-state index is -0.953. The Labute approximate surface area is 156 Å². The van der Waals surface area contributed by atoms with E-state index in [0.29, 0.717) is 17.7 Å². The summed E-state index contributed by atoms with van der Waals surface area (Å²) in [5.74, 6) is -1.87. The number of carbonyl (C=O) groups is 2. The van der Waals surface area contributed by atoms with Gasteiger partial charge in [-0.05, 0) is 24.5 Å². The maximum absolute atomic E-state index is 12.6. The minimum absolute atomic E-state index is 0.0148. The number of non-ortho nitro benzene ring substituents is 1. The number of nitro groups is 1. The Morgan fingerprint density at radius 1 is 1.30 bits per heavy atom. The van der Waals surface area contributed by atoms with E-state index in [1.54, 1.807) is 7.05 Å². The summed E-state index contributed by atoms with van der Waals surface area (Å²) in [4.78, 5) is 34.2. The number of rotatable bonds is 8. The van der Waals surface area contributed by atoms with Crippen molar-refractivity contribution in [2.24, 2.45) is 18.9 Å². The number of hydrogen-bond donors (Lipinski definition) is 2. The number of nitrogens with zero attached hydrogens (tertiary/aromatic N) is 3. The van der Waals surface area contributed by atoms with E-state index in [4.69, 9.17) is 0 Å². The van der Waals surface area contributed by atoms with Crippen LogP contribution >= 0.6 is 0 Å². The van der Waals surface area contributed by atoms with Crippen molar-refractivity contribution in [2.75, 3.05) is 6.54 Å². The molecule has 2 rings (SSSR count). The molecule has 0 aliphatic carbocycles. The van der Waals surface area contributed by atoms with E-state index in [1.165, 1.54) is 35.1 Å². The predicted molar refractivity (Wildman–Crippen MR) is 98.2 cm³/mol. The molecule has 1 unspecified atom stereocenters. The number of carboxylic acid groups (broad SMARTS) is 1. The number of aryl methyl sites for hydroxylation is 1. The lowest BCUT2D eigenvalue weighted by Crippen LogP contribution is -2.33. The first-order valence-electron chi connectivity index (χ1n) is 8.48. The highest BCUT2D eigenvalue weighted by Gasteiger charge is 2.22. The summed E-state index contributed by atoms with van der Waals surface area (Å²) in [5, 5.41) is 27.0. The third kappa shape index (κ3) is 5.13. The maximum atomic E-state index is 12.6. The van der Waals surface area contributed by atoms with Gasteiger partial charge in [0.05, 0.1) is 16.4 Å². The number of hydrogen-bond acceptors (Lipinski definition) is 5. The third-order valence-electron chi connectivity index (χ3n) is 4.04. The topological polar surface area (TPSA) is 127 Å². The van der Waals surface area contributed by atoms with E-state index in [9.17, 15) is 24.8 Å². The van der Waals surface area contributed by atoms with Crippen molar-refractivity contribution in [1.82, 2.24) is 15.1 Å². The average Bonchev–Trinajstić information content (AvgIpc) is 2.99. The molecule has 1 aromatic heterocycles. The molecule has 144 valence electrons. The molecule has 0 radical (unpaired) electrons. The van der Waals surface area contributed by atoms with Crippen LogP contribution in [-0.4, -0.2) is 38.2 Å². The zero-order valence-electron chi connectivity index (χ0n) is 15.4. The number of amides is 1. The molecule has 2 N–H and O–H groups in total. The molecule has 0 saturated carbocycles. The van der Waals surface area contributed by atoms with Gasteiger partial charge in [0.1, 0.15) is 5.69 Å². The molecular formula is C18H22N4O5. The minimum Gasteiger partial charge on any atom is -0.481 e. The normalized spacial score (nSPS) is 12.0. The Balaban J connectivity index is 2.20. The lowest BCUT2D eigenvalue weighted by Gasteiger charge is -2.15. The van der Waals surface area contributed by atoms with Gasteiger partial charge < -0.3 is 10.4 Å². The Kier molecular flexibility index (Phi) is 6.27. The van der Waals surface area contributed by atoms with Gasteiger partial charge in [0, 0.05) is 37.5 Å². The highest BCUT2D eigenvalue weighted by Crippen LogP contribution is 2.24. The van der Waals surface area contributed by atoms with Gasteiger partial charge in [-0.3, -0.25) is 24.4 Å². The lowest BCUT2D eigenvalue weighted by atomic mass is 9.97. The number of nitro benzene ring substituents is 1. The van der Waals surface area contributed by atoms with Gasteiger partial charge in [-0.15, -0.1) is 0 Å². The Hall–Kier alpha value is -3.23. The molecular weight excluding hydrogens is 352 g/mol. The van der Waals surface area contributed by atoms with Crippen molar-refractivity contribution in [3.05, 3.63) is 46.1 Å². The maximum Gasteiger partial charge on any atom is 0.308 e. The molecule has 1 atom stereocenters. The van der Waals surface area contributed by atoms with E-state index in [-0.39, 0.29) is 23.7 Å². The van der Waals surface area contributed by atoms with Crippen LogP contribution in [0.4, 0.5) is 5.69 Å². The number of nitrogens with one attached hydrogen (secondary N) is 1. The molecule has 0 fully saturated rings. The molecule has 0 aliphatic heterocycles. The van der Waals surface area contributed by atoms with Gasteiger partial charge in [0.2, 0.25) is 0 Å². The predicted octanol–water partition coefficient (Wildman–Crippen LogP) is 2.47. The average molecular weight is 374 g/mol. The first kappa shape index (κ1) is 20.1. The second-order valence-corrected chi connectivity index (χ2v) is 6.74. The van der Waals surface area contributed by atoms with Crippen LogP contribution < -0.4 is 5.32 Å². The Morgan fingerprint density at radius 2 is 1.93 bits per heavy atom. The summed E-state index contributed by atoms with van der Waals surface area (Å²) < 4.78 is 1.47. The second kappa shape index (κ2) is 8.43. The van der Waals surface area contributed by atoms with Gasteiger partial charge >= 0.3 is 5.97 Å². The second-order valence-electron chi connectivity index (χ2n) is 6.74. The van der Waals surface area contributed by atoms with Crippen LogP contribution in [0.1, 0.15) is 30.6 Å². The van der Waals surface area contributed by atoms with Crippen LogP contribution in [0.5, 0.6) is 0 Å². The van der Waals surface area contributed by atoms with E-state index in [0.717, 1.165) is 0 Å². The van der Waals surface area contributed by atoms with E-state index in [2.05, 4.69) is 10.4 Å². The van der Waals surface area contributed by atoms with Gasteiger partial charge in [-0.1, -0.05) is 13.8 Å². The van der Waals surface area contributed by atoms with Crippen LogP contribution in [0.15, 0.2) is 30.5 Å². The number of carbonyl (C=O) groups excluding carboxylic acids is 1. The summed E-state index contributed by atoms with van der Waals surface area (Å²) >= 11 is 0. The number of aromatic nitrogens is 2. The molecule has 9 nitrogen and oxygen atoms in total. The highest BCUT2D eigenvalue weighted by atomic mass is 16.6. The van der Waals surface area contributed by atoms with Crippen molar-refractivity contribution in [2.45, 2.75) is 20.3 Å². The van der Waals surface area contributed by atoms with Crippen LogP contribution in [-0.2, 0) is 11.8 Å². The largest absolute Gasteiger partial charge is 0.481 e. The highest BCUT2D eigenvalue weighted by molar-refractivity contribution is 6.00. The quantitative estimate of drug-likeness (QED) is 0.540. The number of carboxylic acids is 1. The fourth-order valence-electron chi connectivity index (χ4n) is 2.76. The zero-order valence-corrected chi connectivity index (χ0v) is 15.4.